The SMILES string of the molecule is CN(C)C[C@H]1COCC(c2ccccc2)(c2ccccc2)O1.O=C(O)C(=O)O. The van der Waals surface area contributed by atoms with E-state index in [0.717, 1.165) is 17.7 Å². The molecule has 1 aliphatic heterocycles. The lowest BCUT2D eigenvalue weighted by molar-refractivity contribution is -0.188. The molecule has 1 fully saturated rings. The summed E-state index contributed by atoms with van der Waals surface area (Å²) >= 11 is 0. The first-order chi connectivity index (χ1) is 13.3. The van der Waals surface area contributed by atoms with Crippen molar-refractivity contribution in [2.75, 3.05) is 33.9 Å². The van der Waals surface area contributed by atoms with Crippen molar-refractivity contribution in [1.29, 1.82) is 0 Å². The quantitative estimate of drug-likeness (QED) is 0.775. The van der Waals surface area contributed by atoms with Crippen molar-refractivity contribution in [3.05, 3.63) is 71.8 Å². The van der Waals surface area contributed by atoms with Crippen LogP contribution in [0.3, 0.4) is 0 Å². The summed E-state index contributed by atoms with van der Waals surface area (Å²) in [5.41, 5.74) is 1.76. The zero-order valence-electron chi connectivity index (χ0n) is 15.9. The van der Waals surface area contributed by atoms with Crippen molar-refractivity contribution >= 4 is 11.9 Å². The fraction of sp³-hybridized carbons (Fsp3) is 0.333. The van der Waals surface area contributed by atoms with E-state index in [2.05, 4.69) is 67.5 Å². The number of ether oxygens (including phenoxy) is 2. The van der Waals surface area contributed by atoms with Crippen molar-refractivity contribution in [2.45, 2.75) is 11.7 Å². The Balaban J connectivity index is 0.000000409. The van der Waals surface area contributed by atoms with Gasteiger partial charge in [0.05, 0.1) is 19.3 Å². The van der Waals surface area contributed by atoms with E-state index in [9.17, 15) is 0 Å². The van der Waals surface area contributed by atoms with E-state index < -0.39 is 17.5 Å². The van der Waals surface area contributed by atoms with Gasteiger partial charge in [0.25, 0.3) is 0 Å². The van der Waals surface area contributed by atoms with Crippen LogP contribution in [-0.4, -0.2) is 67.0 Å². The number of benzene rings is 2. The van der Waals surface area contributed by atoms with E-state index in [1.165, 1.54) is 0 Å². The fourth-order valence-electron chi connectivity index (χ4n) is 3.07. The Morgan fingerprint density at radius 1 is 0.964 bits per heavy atom. The highest BCUT2D eigenvalue weighted by Crippen LogP contribution is 2.37. The van der Waals surface area contributed by atoms with Crippen LogP contribution in [0.1, 0.15) is 11.1 Å². The molecule has 1 saturated heterocycles. The maximum atomic E-state index is 9.10. The van der Waals surface area contributed by atoms with Gasteiger partial charge in [-0.1, -0.05) is 60.7 Å². The van der Waals surface area contributed by atoms with Crippen molar-refractivity contribution in [2.24, 2.45) is 0 Å². The second kappa shape index (κ2) is 9.98. The van der Waals surface area contributed by atoms with Gasteiger partial charge in [-0.05, 0) is 25.2 Å². The van der Waals surface area contributed by atoms with Gasteiger partial charge in [-0.25, -0.2) is 9.59 Å². The molecular weight excluding hydrogens is 362 g/mol. The van der Waals surface area contributed by atoms with Crippen molar-refractivity contribution in [3.63, 3.8) is 0 Å². The van der Waals surface area contributed by atoms with Crippen LogP contribution in [0.5, 0.6) is 0 Å². The highest BCUT2D eigenvalue weighted by molar-refractivity contribution is 6.27. The first-order valence-corrected chi connectivity index (χ1v) is 8.82. The molecule has 0 unspecified atom stereocenters. The Bertz CT molecular complexity index is 711. The summed E-state index contributed by atoms with van der Waals surface area (Å²) in [7, 11) is 4.12. The van der Waals surface area contributed by atoms with Crippen LogP contribution in [0.25, 0.3) is 0 Å². The third-order valence-electron chi connectivity index (χ3n) is 4.21. The number of nitrogens with zero attached hydrogens (tertiary/aromatic N) is 1. The first-order valence-electron chi connectivity index (χ1n) is 8.82. The van der Waals surface area contributed by atoms with Gasteiger partial charge < -0.3 is 24.6 Å². The van der Waals surface area contributed by atoms with Crippen LogP contribution in [0, 0.1) is 0 Å². The largest absolute Gasteiger partial charge is 0.473 e. The Morgan fingerprint density at radius 2 is 1.43 bits per heavy atom. The topological polar surface area (TPSA) is 96.3 Å². The van der Waals surface area contributed by atoms with Gasteiger partial charge >= 0.3 is 11.9 Å². The molecule has 3 rings (SSSR count). The maximum absolute atomic E-state index is 9.10. The average Bonchev–Trinajstić information content (AvgIpc) is 2.69. The van der Waals surface area contributed by atoms with E-state index in [4.69, 9.17) is 29.3 Å². The number of hydrogen-bond donors (Lipinski definition) is 2. The number of rotatable bonds is 4. The second-order valence-electron chi connectivity index (χ2n) is 6.69. The Morgan fingerprint density at radius 3 is 1.82 bits per heavy atom. The van der Waals surface area contributed by atoms with E-state index >= 15 is 0 Å². The molecule has 0 aliphatic carbocycles. The molecule has 2 N–H and O–H groups in total. The molecule has 0 aromatic heterocycles. The van der Waals surface area contributed by atoms with E-state index in [0.29, 0.717) is 13.2 Å². The predicted molar refractivity (Wildman–Crippen MR) is 103 cm³/mol. The van der Waals surface area contributed by atoms with E-state index in [1.807, 2.05) is 12.1 Å². The molecule has 2 aromatic rings. The average molecular weight is 387 g/mol. The van der Waals surface area contributed by atoms with Gasteiger partial charge in [-0.15, -0.1) is 0 Å². The molecule has 7 nitrogen and oxygen atoms in total. The minimum atomic E-state index is -1.82. The van der Waals surface area contributed by atoms with Crippen LogP contribution in [0.2, 0.25) is 0 Å². The number of carbonyl (C=O) groups is 2. The molecule has 1 aliphatic rings. The number of likely N-dealkylation sites (N-methyl/N-ethyl adjacent to an activating group) is 1. The minimum absolute atomic E-state index is 0.0594. The molecule has 0 spiro atoms. The predicted octanol–water partition coefficient (Wildman–Crippen LogP) is 2.06. The summed E-state index contributed by atoms with van der Waals surface area (Å²) in [5.74, 6) is -3.65. The summed E-state index contributed by atoms with van der Waals surface area (Å²) < 4.78 is 12.5. The molecule has 7 heteroatoms. The Kier molecular flexibility index (Phi) is 7.69. The molecule has 0 amide bonds. The molecule has 150 valence electrons. The van der Waals surface area contributed by atoms with Gasteiger partial charge in [0.15, 0.2) is 0 Å². The molecule has 0 saturated carbocycles. The summed E-state index contributed by atoms with van der Waals surface area (Å²) in [6.45, 7) is 2.03. The first kappa shape index (κ1) is 21.6. The molecule has 1 heterocycles. The lowest BCUT2D eigenvalue weighted by Crippen LogP contribution is -2.49. The van der Waals surface area contributed by atoms with Crippen LogP contribution in [-0.2, 0) is 24.7 Å². The van der Waals surface area contributed by atoms with Gasteiger partial charge in [0.1, 0.15) is 5.60 Å². The normalized spacial score (nSPS) is 18.0. The van der Waals surface area contributed by atoms with Crippen LogP contribution >= 0.6 is 0 Å². The second-order valence-corrected chi connectivity index (χ2v) is 6.69. The van der Waals surface area contributed by atoms with Gasteiger partial charge in [0, 0.05) is 6.54 Å². The fourth-order valence-corrected chi connectivity index (χ4v) is 3.07. The van der Waals surface area contributed by atoms with Crippen molar-refractivity contribution in [3.8, 4) is 0 Å². The van der Waals surface area contributed by atoms with Crippen LogP contribution < -0.4 is 0 Å². The lowest BCUT2D eigenvalue weighted by atomic mass is 9.86. The summed E-state index contributed by atoms with van der Waals surface area (Å²) in [6, 6.07) is 20.8. The number of carboxylic acid groups (broad SMARTS) is 2. The standard InChI is InChI=1S/C19H23NO2.C2H2O4/c1-20(2)13-18-14-21-15-19(22-18,16-9-5-3-6-10-16)17-11-7-4-8-12-17;3-1(4)2(5)6/h3-12,18H,13-15H2,1-2H3;(H,3,4)(H,5,6)/t18-;/m0./s1. The zero-order valence-corrected chi connectivity index (χ0v) is 15.9. The third kappa shape index (κ3) is 5.63. The number of carboxylic acids is 2. The van der Waals surface area contributed by atoms with Crippen molar-refractivity contribution in [1.82, 2.24) is 4.90 Å². The van der Waals surface area contributed by atoms with Crippen LogP contribution in [0.4, 0.5) is 0 Å². The zero-order chi connectivity index (χ0) is 20.6. The molecule has 0 radical (unpaired) electrons. The van der Waals surface area contributed by atoms with Gasteiger partial charge in [-0.3, -0.25) is 0 Å². The molecule has 0 bridgehead atoms. The van der Waals surface area contributed by atoms with Gasteiger partial charge in [-0.2, -0.15) is 0 Å². The Labute approximate surface area is 164 Å². The summed E-state index contributed by atoms with van der Waals surface area (Å²) in [5, 5.41) is 14.8. The molecule has 2 aromatic carbocycles. The third-order valence-corrected chi connectivity index (χ3v) is 4.21. The van der Waals surface area contributed by atoms with Gasteiger partial charge in [0.2, 0.25) is 0 Å². The highest BCUT2D eigenvalue weighted by atomic mass is 16.6. The summed E-state index contributed by atoms with van der Waals surface area (Å²) in [4.78, 5) is 20.3. The highest BCUT2D eigenvalue weighted by Gasteiger charge is 2.41. The number of aliphatic carboxylic acids is 2. The van der Waals surface area contributed by atoms with E-state index in [1.54, 1.807) is 0 Å². The molecule has 28 heavy (non-hydrogen) atoms. The van der Waals surface area contributed by atoms with Crippen LogP contribution in [0.15, 0.2) is 60.7 Å². The molecule has 1 atom stereocenters. The Hall–Kier alpha value is -2.74. The van der Waals surface area contributed by atoms with E-state index in [-0.39, 0.29) is 6.10 Å². The minimum Gasteiger partial charge on any atom is -0.473 e. The lowest BCUT2D eigenvalue weighted by Gasteiger charge is -2.42. The number of hydrogen-bond acceptors (Lipinski definition) is 5. The van der Waals surface area contributed by atoms with Crippen molar-refractivity contribution < 1.29 is 29.3 Å². The molecular formula is C21H25NO6. The smallest absolute Gasteiger partial charge is 0.414 e. The summed E-state index contributed by atoms with van der Waals surface area (Å²) in [6.07, 6.45) is 0.0594. The maximum Gasteiger partial charge on any atom is 0.414 e. The monoisotopic (exact) mass is 387 g/mol.